The van der Waals surface area contributed by atoms with Crippen LogP contribution in [0.15, 0.2) is 41.0 Å². The predicted molar refractivity (Wildman–Crippen MR) is 63.1 cm³/mol. The predicted octanol–water partition coefficient (Wildman–Crippen LogP) is 4.08. The third-order valence-corrected chi connectivity index (χ3v) is 3.06. The van der Waals surface area contributed by atoms with Crippen LogP contribution in [0.3, 0.4) is 0 Å². The zero-order valence-electron chi connectivity index (χ0n) is 8.58. The molecule has 0 N–H and O–H groups in total. The van der Waals surface area contributed by atoms with E-state index in [-0.39, 0.29) is 5.75 Å². The molecule has 0 fully saturated rings. The van der Waals surface area contributed by atoms with Crippen LogP contribution in [0.1, 0.15) is 5.56 Å². The van der Waals surface area contributed by atoms with Gasteiger partial charge in [0.1, 0.15) is 0 Å². The Morgan fingerprint density at radius 1 is 1.25 bits per heavy atom. The molecule has 0 aliphatic carbocycles. The highest BCUT2D eigenvalue weighted by Gasteiger charge is 2.09. The van der Waals surface area contributed by atoms with Gasteiger partial charge in [-0.25, -0.2) is 9.37 Å². The molecule has 4 heteroatoms. The van der Waals surface area contributed by atoms with Crippen LogP contribution in [-0.2, 0) is 0 Å². The minimum atomic E-state index is -0.405. The average molecular weight is 282 g/mol. The number of nitrogens with zero attached hydrogens (tertiary/aromatic N) is 1. The second-order valence-corrected chi connectivity index (χ2v) is 4.07. The molecule has 0 aliphatic heterocycles. The van der Waals surface area contributed by atoms with Crippen LogP contribution in [-0.4, -0.2) is 4.98 Å². The van der Waals surface area contributed by atoms with E-state index < -0.39 is 5.82 Å². The van der Waals surface area contributed by atoms with Gasteiger partial charge in [-0.05, 0) is 46.6 Å². The molecule has 0 saturated carbocycles. The molecule has 2 rings (SSSR count). The third kappa shape index (κ3) is 2.22. The summed E-state index contributed by atoms with van der Waals surface area (Å²) >= 11 is 3.35. The summed E-state index contributed by atoms with van der Waals surface area (Å²) in [5, 5.41) is 0. The number of aryl methyl sites for hydroxylation is 1. The number of benzene rings is 1. The van der Waals surface area contributed by atoms with Crippen LogP contribution < -0.4 is 4.74 Å². The van der Waals surface area contributed by atoms with Crippen molar-refractivity contribution in [3.63, 3.8) is 0 Å². The van der Waals surface area contributed by atoms with E-state index in [0.29, 0.717) is 5.88 Å². The zero-order valence-corrected chi connectivity index (χ0v) is 10.2. The normalized spacial score (nSPS) is 10.2. The summed E-state index contributed by atoms with van der Waals surface area (Å²) < 4.78 is 19.5. The van der Waals surface area contributed by atoms with Crippen LogP contribution >= 0.6 is 15.9 Å². The zero-order chi connectivity index (χ0) is 11.5. The van der Waals surface area contributed by atoms with Gasteiger partial charge in [-0.2, -0.15) is 0 Å². The Hall–Kier alpha value is -1.42. The maximum Gasteiger partial charge on any atom is 0.234 e. The molecule has 1 aromatic carbocycles. The van der Waals surface area contributed by atoms with Crippen molar-refractivity contribution in [3.8, 4) is 11.6 Å². The number of halogens is 2. The molecule has 0 amide bonds. The highest BCUT2D eigenvalue weighted by Crippen LogP contribution is 2.30. The molecular formula is C12H9BrFNO. The van der Waals surface area contributed by atoms with E-state index in [4.69, 9.17) is 4.74 Å². The summed E-state index contributed by atoms with van der Waals surface area (Å²) in [5.74, 6) is 0.129. The van der Waals surface area contributed by atoms with Gasteiger partial charge in [0.25, 0.3) is 0 Å². The Bertz CT molecular complexity index is 516. The van der Waals surface area contributed by atoms with Gasteiger partial charge in [0.15, 0.2) is 11.6 Å². The van der Waals surface area contributed by atoms with Gasteiger partial charge in [0, 0.05) is 6.20 Å². The van der Waals surface area contributed by atoms with Crippen LogP contribution in [0.5, 0.6) is 11.6 Å². The fourth-order valence-electron chi connectivity index (χ4n) is 1.22. The molecule has 0 spiro atoms. The molecule has 0 bridgehead atoms. The SMILES string of the molecule is Cc1ccnc(Oc2ccccc2F)c1Br. The molecule has 16 heavy (non-hydrogen) atoms. The molecule has 0 aliphatic rings. The van der Waals surface area contributed by atoms with E-state index in [0.717, 1.165) is 10.0 Å². The lowest BCUT2D eigenvalue weighted by molar-refractivity contribution is 0.424. The largest absolute Gasteiger partial charge is 0.435 e. The second-order valence-electron chi connectivity index (χ2n) is 3.28. The highest BCUT2D eigenvalue weighted by atomic mass is 79.9. The highest BCUT2D eigenvalue weighted by molar-refractivity contribution is 9.10. The van der Waals surface area contributed by atoms with Crippen LogP contribution in [0.25, 0.3) is 0 Å². The molecule has 0 saturated heterocycles. The van der Waals surface area contributed by atoms with E-state index in [1.807, 2.05) is 13.0 Å². The number of hydrogen-bond donors (Lipinski definition) is 0. The van der Waals surface area contributed by atoms with Gasteiger partial charge in [-0.3, -0.25) is 0 Å². The summed E-state index contributed by atoms with van der Waals surface area (Å²) in [6, 6.07) is 8.08. The molecule has 1 heterocycles. The second kappa shape index (κ2) is 4.61. The lowest BCUT2D eigenvalue weighted by Gasteiger charge is -2.08. The maximum atomic E-state index is 13.3. The molecule has 82 valence electrons. The van der Waals surface area contributed by atoms with Crippen molar-refractivity contribution >= 4 is 15.9 Å². The minimum Gasteiger partial charge on any atom is -0.435 e. The fourth-order valence-corrected chi connectivity index (χ4v) is 1.53. The van der Waals surface area contributed by atoms with Crippen molar-refractivity contribution in [2.24, 2.45) is 0 Å². The number of aromatic nitrogens is 1. The van der Waals surface area contributed by atoms with E-state index in [2.05, 4.69) is 20.9 Å². The Morgan fingerprint density at radius 2 is 2.00 bits per heavy atom. The monoisotopic (exact) mass is 281 g/mol. The standard InChI is InChI=1S/C12H9BrFNO/c1-8-6-7-15-12(11(8)13)16-10-5-3-2-4-9(10)14/h2-7H,1H3. The first kappa shape index (κ1) is 11.1. The number of hydrogen-bond acceptors (Lipinski definition) is 2. The molecular weight excluding hydrogens is 273 g/mol. The van der Waals surface area contributed by atoms with Crippen molar-refractivity contribution in [1.82, 2.24) is 4.98 Å². The van der Waals surface area contributed by atoms with Crippen LogP contribution in [0.4, 0.5) is 4.39 Å². The summed E-state index contributed by atoms with van der Waals surface area (Å²) in [4.78, 5) is 4.04. The number of ether oxygens (including phenoxy) is 1. The van der Waals surface area contributed by atoms with Gasteiger partial charge in [-0.15, -0.1) is 0 Å². The van der Waals surface area contributed by atoms with E-state index in [9.17, 15) is 4.39 Å². The first-order chi connectivity index (χ1) is 7.68. The first-order valence-electron chi connectivity index (χ1n) is 4.72. The molecule has 0 atom stereocenters. The molecule has 1 aromatic heterocycles. The molecule has 2 nitrogen and oxygen atoms in total. The molecule has 2 aromatic rings. The van der Waals surface area contributed by atoms with Gasteiger partial charge in [0.05, 0.1) is 4.47 Å². The number of rotatable bonds is 2. The van der Waals surface area contributed by atoms with E-state index >= 15 is 0 Å². The number of pyridine rings is 1. The van der Waals surface area contributed by atoms with Crippen LogP contribution in [0.2, 0.25) is 0 Å². The lowest BCUT2D eigenvalue weighted by Crippen LogP contribution is -1.92. The Labute approximate surface area is 101 Å². The maximum absolute atomic E-state index is 13.3. The van der Waals surface area contributed by atoms with Crippen LogP contribution in [0, 0.1) is 12.7 Å². The summed E-state index contributed by atoms with van der Waals surface area (Å²) in [6.45, 7) is 1.92. The van der Waals surface area contributed by atoms with E-state index in [1.165, 1.54) is 6.07 Å². The smallest absolute Gasteiger partial charge is 0.234 e. The fraction of sp³-hybridized carbons (Fsp3) is 0.0833. The quantitative estimate of drug-likeness (QED) is 0.827. The van der Waals surface area contributed by atoms with Crippen molar-refractivity contribution in [3.05, 3.63) is 52.4 Å². The van der Waals surface area contributed by atoms with Gasteiger partial charge in [-0.1, -0.05) is 12.1 Å². The van der Waals surface area contributed by atoms with Gasteiger partial charge < -0.3 is 4.74 Å². The molecule has 0 unspecified atom stereocenters. The number of para-hydroxylation sites is 1. The summed E-state index contributed by atoms with van der Waals surface area (Å²) in [7, 11) is 0. The third-order valence-electron chi connectivity index (χ3n) is 2.09. The summed E-state index contributed by atoms with van der Waals surface area (Å²) in [5.41, 5.74) is 0.987. The molecule has 0 radical (unpaired) electrons. The van der Waals surface area contributed by atoms with Crippen molar-refractivity contribution in [2.75, 3.05) is 0 Å². The average Bonchev–Trinajstić information content (AvgIpc) is 2.28. The Kier molecular flexibility index (Phi) is 3.19. The Morgan fingerprint density at radius 3 is 2.75 bits per heavy atom. The van der Waals surface area contributed by atoms with Gasteiger partial charge in [0.2, 0.25) is 5.88 Å². The van der Waals surface area contributed by atoms with Crippen molar-refractivity contribution < 1.29 is 9.13 Å². The topological polar surface area (TPSA) is 22.1 Å². The first-order valence-corrected chi connectivity index (χ1v) is 5.51. The lowest BCUT2D eigenvalue weighted by atomic mass is 10.3. The Balaban J connectivity index is 2.35. The minimum absolute atomic E-state index is 0.168. The van der Waals surface area contributed by atoms with Crippen molar-refractivity contribution in [2.45, 2.75) is 6.92 Å². The van der Waals surface area contributed by atoms with Gasteiger partial charge >= 0.3 is 0 Å². The van der Waals surface area contributed by atoms with Crippen molar-refractivity contribution in [1.29, 1.82) is 0 Å². The van der Waals surface area contributed by atoms with E-state index in [1.54, 1.807) is 24.4 Å². The summed E-state index contributed by atoms with van der Waals surface area (Å²) in [6.07, 6.45) is 1.62.